The first-order valence-electron chi connectivity index (χ1n) is 11.5. The van der Waals surface area contributed by atoms with Gasteiger partial charge in [-0.05, 0) is 70.8 Å². The molecule has 4 aromatic carbocycles. The number of methoxy groups -OCH3 is 2. The van der Waals surface area contributed by atoms with E-state index in [0.29, 0.717) is 17.1 Å². The summed E-state index contributed by atoms with van der Waals surface area (Å²) in [5.41, 5.74) is 4.53. The first kappa shape index (κ1) is 23.2. The number of phenols is 3. The smallest absolute Gasteiger partial charge is 0.135 e. The minimum Gasteiger partial charge on any atom is -0.508 e. The Morgan fingerprint density at radius 3 is 1.92 bits per heavy atom. The van der Waals surface area contributed by atoms with Gasteiger partial charge in [0.15, 0.2) is 0 Å². The third kappa shape index (κ3) is 4.66. The molecule has 36 heavy (non-hydrogen) atoms. The molecule has 0 fully saturated rings. The van der Waals surface area contributed by atoms with Crippen LogP contribution in [0.3, 0.4) is 0 Å². The third-order valence-electron chi connectivity index (χ3n) is 6.27. The fraction of sp³-hybridized carbons (Fsp3) is 0.133. The first-order chi connectivity index (χ1) is 17.4. The molecule has 0 aromatic heterocycles. The molecule has 1 heterocycles. The van der Waals surface area contributed by atoms with E-state index in [-0.39, 0.29) is 29.3 Å². The molecule has 0 radical (unpaired) electrons. The molecule has 1 aliphatic heterocycles. The normalized spacial score (nSPS) is 16.5. The van der Waals surface area contributed by atoms with Crippen LogP contribution in [0.15, 0.2) is 78.9 Å². The highest BCUT2D eigenvalue weighted by atomic mass is 16.5. The molecule has 6 heteroatoms. The van der Waals surface area contributed by atoms with Crippen molar-refractivity contribution in [2.45, 2.75) is 12.0 Å². The Morgan fingerprint density at radius 1 is 0.639 bits per heavy atom. The molecule has 0 spiro atoms. The molecular formula is C30H26O6. The quantitative estimate of drug-likeness (QED) is 0.281. The lowest BCUT2D eigenvalue weighted by atomic mass is 9.84. The van der Waals surface area contributed by atoms with Gasteiger partial charge in [0.1, 0.15) is 40.6 Å². The molecule has 0 aliphatic carbocycles. The van der Waals surface area contributed by atoms with Crippen LogP contribution in [-0.4, -0.2) is 29.5 Å². The van der Waals surface area contributed by atoms with E-state index in [1.165, 1.54) is 6.07 Å². The van der Waals surface area contributed by atoms with Crippen LogP contribution >= 0.6 is 0 Å². The molecule has 0 amide bonds. The monoisotopic (exact) mass is 482 g/mol. The van der Waals surface area contributed by atoms with Gasteiger partial charge in [-0.2, -0.15) is 0 Å². The van der Waals surface area contributed by atoms with Crippen molar-refractivity contribution in [3.05, 3.63) is 107 Å². The summed E-state index contributed by atoms with van der Waals surface area (Å²) in [6.45, 7) is 0. The maximum absolute atomic E-state index is 9.80. The second-order valence-electron chi connectivity index (χ2n) is 8.67. The zero-order valence-corrected chi connectivity index (χ0v) is 19.9. The van der Waals surface area contributed by atoms with Gasteiger partial charge in [-0.3, -0.25) is 0 Å². The van der Waals surface area contributed by atoms with Crippen molar-refractivity contribution in [1.29, 1.82) is 0 Å². The van der Waals surface area contributed by atoms with Crippen LogP contribution in [0.25, 0.3) is 12.2 Å². The summed E-state index contributed by atoms with van der Waals surface area (Å²) < 4.78 is 17.5. The minimum absolute atomic E-state index is 0.000721. The summed E-state index contributed by atoms with van der Waals surface area (Å²) in [4.78, 5) is 0. The van der Waals surface area contributed by atoms with Crippen LogP contribution in [0, 0.1) is 0 Å². The number of benzene rings is 4. The summed E-state index contributed by atoms with van der Waals surface area (Å²) in [6.07, 6.45) is 3.43. The zero-order valence-electron chi connectivity index (χ0n) is 19.9. The Kier molecular flexibility index (Phi) is 6.17. The highest BCUT2D eigenvalue weighted by Crippen LogP contribution is 2.51. The van der Waals surface area contributed by atoms with E-state index < -0.39 is 0 Å². The molecule has 4 aromatic rings. The number of hydrogen-bond donors (Lipinski definition) is 3. The number of fused-ring (bicyclic) bond motifs is 1. The Hall–Kier alpha value is -4.58. The topological polar surface area (TPSA) is 88.4 Å². The van der Waals surface area contributed by atoms with Gasteiger partial charge >= 0.3 is 0 Å². The molecule has 1 aliphatic rings. The highest BCUT2D eigenvalue weighted by Gasteiger charge is 2.37. The van der Waals surface area contributed by atoms with Crippen molar-refractivity contribution in [2.24, 2.45) is 0 Å². The molecule has 0 unspecified atom stereocenters. The van der Waals surface area contributed by atoms with E-state index in [0.717, 1.165) is 28.0 Å². The SMILES string of the molecule is COc1cc(OC)cc([C@H]2c3cc(/C=C/c4cc(O)cc(O)c4)ccc3O[C@@H]2c2ccc(O)cc2)c1. The second kappa shape index (κ2) is 9.58. The summed E-state index contributed by atoms with van der Waals surface area (Å²) in [5.74, 6) is 2.17. The Labute approximate surface area is 209 Å². The van der Waals surface area contributed by atoms with E-state index in [1.807, 2.05) is 54.6 Å². The van der Waals surface area contributed by atoms with Gasteiger partial charge < -0.3 is 29.5 Å². The lowest BCUT2D eigenvalue weighted by Gasteiger charge is -2.21. The predicted molar refractivity (Wildman–Crippen MR) is 138 cm³/mol. The zero-order chi connectivity index (χ0) is 25.2. The summed E-state index contributed by atoms with van der Waals surface area (Å²) in [6, 6.07) is 23.3. The maximum atomic E-state index is 9.80. The van der Waals surface area contributed by atoms with Crippen LogP contribution in [0.5, 0.6) is 34.5 Å². The van der Waals surface area contributed by atoms with Crippen molar-refractivity contribution in [3.63, 3.8) is 0 Å². The molecule has 2 atom stereocenters. The van der Waals surface area contributed by atoms with Crippen LogP contribution in [0.2, 0.25) is 0 Å². The highest BCUT2D eigenvalue weighted by molar-refractivity contribution is 5.72. The van der Waals surface area contributed by atoms with E-state index in [4.69, 9.17) is 14.2 Å². The maximum Gasteiger partial charge on any atom is 0.135 e. The lowest BCUT2D eigenvalue weighted by Crippen LogP contribution is -2.11. The number of ether oxygens (including phenoxy) is 3. The van der Waals surface area contributed by atoms with Crippen LogP contribution in [0.4, 0.5) is 0 Å². The predicted octanol–water partition coefficient (Wildman–Crippen LogP) is 6.26. The van der Waals surface area contributed by atoms with Crippen LogP contribution in [0.1, 0.15) is 39.8 Å². The summed E-state index contributed by atoms with van der Waals surface area (Å²) in [5, 5.41) is 29.3. The van der Waals surface area contributed by atoms with Gasteiger partial charge in [0.25, 0.3) is 0 Å². The van der Waals surface area contributed by atoms with Crippen LogP contribution < -0.4 is 14.2 Å². The van der Waals surface area contributed by atoms with E-state index in [1.54, 1.807) is 38.5 Å². The van der Waals surface area contributed by atoms with Crippen molar-refractivity contribution in [2.75, 3.05) is 14.2 Å². The second-order valence-corrected chi connectivity index (χ2v) is 8.67. The number of aromatic hydroxyl groups is 3. The molecule has 3 N–H and O–H groups in total. The Morgan fingerprint density at radius 2 is 1.28 bits per heavy atom. The van der Waals surface area contributed by atoms with Crippen molar-refractivity contribution in [3.8, 4) is 34.5 Å². The van der Waals surface area contributed by atoms with Gasteiger partial charge in [-0.25, -0.2) is 0 Å². The van der Waals surface area contributed by atoms with E-state index >= 15 is 0 Å². The van der Waals surface area contributed by atoms with Crippen molar-refractivity contribution < 1.29 is 29.5 Å². The minimum atomic E-state index is -0.320. The summed E-state index contributed by atoms with van der Waals surface area (Å²) >= 11 is 0. The number of rotatable bonds is 6. The average molecular weight is 483 g/mol. The molecule has 6 nitrogen and oxygen atoms in total. The number of phenolic OH excluding ortho intramolecular Hbond substituents is 3. The van der Waals surface area contributed by atoms with Gasteiger partial charge in [0, 0.05) is 17.7 Å². The van der Waals surface area contributed by atoms with Gasteiger partial charge in [-0.1, -0.05) is 30.4 Å². The van der Waals surface area contributed by atoms with E-state index in [2.05, 4.69) is 6.07 Å². The van der Waals surface area contributed by atoms with Gasteiger partial charge in [0.2, 0.25) is 0 Å². The average Bonchev–Trinajstić information content (AvgIpc) is 3.25. The molecule has 5 rings (SSSR count). The first-order valence-corrected chi connectivity index (χ1v) is 11.5. The molecule has 0 saturated carbocycles. The van der Waals surface area contributed by atoms with E-state index in [9.17, 15) is 15.3 Å². The molecule has 0 saturated heterocycles. The van der Waals surface area contributed by atoms with Crippen LogP contribution in [-0.2, 0) is 0 Å². The summed E-state index contributed by atoms with van der Waals surface area (Å²) in [7, 11) is 3.24. The fourth-order valence-corrected chi connectivity index (χ4v) is 4.58. The third-order valence-corrected chi connectivity index (χ3v) is 6.27. The lowest BCUT2D eigenvalue weighted by molar-refractivity contribution is 0.222. The van der Waals surface area contributed by atoms with Gasteiger partial charge in [-0.15, -0.1) is 0 Å². The molecule has 0 bridgehead atoms. The number of hydrogen-bond acceptors (Lipinski definition) is 6. The largest absolute Gasteiger partial charge is 0.508 e. The van der Waals surface area contributed by atoms with Gasteiger partial charge in [0.05, 0.1) is 20.1 Å². The van der Waals surface area contributed by atoms with Crippen molar-refractivity contribution >= 4 is 12.2 Å². The Balaban J connectivity index is 1.59. The standard InChI is InChI=1S/C30H26O6/c1-34-25-14-21(15-26(17-25)35-2)29-27-13-18(3-4-19-11-23(32)16-24(33)12-19)5-10-28(27)36-30(29)20-6-8-22(31)9-7-20/h3-17,29-33H,1-2H3/b4-3+/t29-,30+/m0/s1. The molecule has 182 valence electrons. The molecular weight excluding hydrogens is 456 g/mol. The Bertz CT molecular complexity index is 1380. The fourth-order valence-electron chi connectivity index (χ4n) is 4.58. The van der Waals surface area contributed by atoms with Crippen molar-refractivity contribution in [1.82, 2.24) is 0 Å².